The molecule has 1 N–H and O–H groups in total. The topological polar surface area (TPSA) is 67.9 Å². The lowest BCUT2D eigenvalue weighted by atomic mass is 9.90. The predicted molar refractivity (Wildman–Crippen MR) is 64.1 cm³/mol. The molecule has 1 spiro atoms. The molecule has 0 aromatic carbocycles. The van der Waals surface area contributed by atoms with E-state index in [2.05, 4.69) is 5.32 Å². The van der Waals surface area contributed by atoms with E-state index in [1.165, 1.54) is 4.90 Å². The summed E-state index contributed by atoms with van der Waals surface area (Å²) in [6.45, 7) is 3.32. The van der Waals surface area contributed by atoms with Crippen LogP contribution in [-0.4, -0.2) is 55.3 Å². The van der Waals surface area contributed by atoms with Crippen LogP contribution in [0.4, 0.5) is 4.79 Å². The molecule has 6 nitrogen and oxygen atoms in total. The van der Waals surface area contributed by atoms with Crippen molar-refractivity contribution in [3.05, 3.63) is 0 Å². The van der Waals surface area contributed by atoms with E-state index in [-0.39, 0.29) is 18.0 Å². The fourth-order valence-electron chi connectivity index (χ4n) is 2.47. The number of rotatable bonds is 4. The van der Waals surface area contributed by atoms with Gasteiger partial charge in [0, 0.05) is 33.2 Å². The highest BCUT2D eigenvalue weighted by Gasteiger charge is 2.51. The first-order valence-corrected chi connectivity index (χ1v) is 6.37. The number of nitrogens with zero attached hydrogens (tertiary/aromatic N) is 1. The van der Waals surface area contributed by atoms with Crippen LogP contribution in [0.1, 0.15) is 26.2 Å². The zero-order chi connectivity index (χ0) is 13.2. The van der Waals surface area contributed by atoms with Gasteiger partial charge in [0.1, 0.15) is 5.54 Å². The molecule has 0 aromatic heterocycles. The summed E-state index contributed by atoms with van der Waals surface area (Å²) in [6.07, 6.45) is 1.77. The molecule has 0 aromatic rings. The van der Waals surface area contributed by atoms with Crippen LogP contribution in [0, 0.1) is 0 Å². The minimum Gasteiger partial charge on any atom is -0.381 e. The van der Waals surface area contributed by atoms with Crippen molar-refractivity contribution in [2.75, 3.05) is 26.9 Å². The summed E-state index contributed by atoms with van der Waals surface area (Å²) < 4.78 is 10.5. The Morgan fingerprint density at radius 3 is 2.67 bits per heavy atom. The van der Waals surface area contributed by atoms with Crippen molar-refractivity contribution >= 4 is 11.9 Å². The third kappa shape index (κ3) is 2.22. The summed E-state index contributed by atoms with van der Waals surface area (Å²) >= 11 is 0. The van der Waals surface area contributed by atoms with E-state index in [9.17, 15) is 9.59 Å². The number of nitrogens with one attached hydrogen (secondary N) is 1. The highest BCUT2D eigenvalue weighted by atomic mass is 16.5. The third-order valence-corrected chi connectivity index (χ3v) is 3.77. The largest absolute Gasteiger partial charge is 0.381 e. The van der Waals surface area contributed by atoms with Gasteiger partial charge in [-0.3, -0.25) is 9.69 Å². The second-order valence-electron chi connectivity index (χ2n) is 4.81. The molecule has 2 aliphatic heterocycles. The van der Waals surface area contributed by atoms with Gasteiger partial charge >= 0.3 is 6.03 Å². The maximum absolute atomic E-state index is 12.4. The Morgan fingerprint density at radius 1 is 1.44 bits per heavy atom. The summed E-state index contributed by atoms with van der Waals surface area (Å²) in [6, 6.07) is -0.308. The number of amides is 3. The van der Waals surface area contributed by atoms with E-state index in [4.69, 9.17) is 9.47 Å². The summed E-state index contributed by atoms with van der Waals surface area (Å²) in [4.78, 5) is 25.6. The van der Waals surface area contributed by atoms with Crippen LogP contribution in [0.15, 0.2) is 0 Å². The van der Waals surface area contributed by atoms with Gasteiger partial charge in [-0.15, -0.1) is 0 Å². The lowest BCUT2D eigenvalue weighted by Crippen LogP contribution is -2.51. The highest BCUT2D eigenvalue weighted by Crippen LogP contribution is 2.28. The number of imide groups is 1. The summed E-state index contributed by atoms with van der Waals surface area (Å²) in [5.74, 6) is -0.133. The first kappa shape index (κ1) is 13.3. The van der Waals surface area contributed by atoms with Crippen molar-refractivity contribution in [1.29, 1.82) is 0 Å². The lowest BCUT2D eigenvalue weighted by Gasteiger charge is -2.30. The number of ether oxygens (including phenoxy) is 2. The molecular weight excluding hydrogens is 236 g/mol. The first-order valence-electron chi connectivity index (χ1n) is 6.37. The van der Waals surface area contributed by atoms with Crippen LogP contribution >= 0.6 is 0 Å². The Labute approximate surface area is 107 Å². The predicted octanol–water partition coefficient (Wildman–Crippen LogP) is 0.512. The number of carbonyl (C=O) groups excluding carboxylic acids is 2. The Hall–Kier alpha value is -1.14. The van der Waals surface area contributed by atoms with Crippen molar-refractivity contribution in [3.63, 3.8) is 0 Å². The molecule has 0 aliphatic carbocycles. The Bertz CT molecular complexity index is 335. The molecule has 2 rings (SSSR count). The Kier molecular flexibility index (Phi) is 3.87. The molecule has 6 heteroatoms. The molecule has 0 radical (unpaired) electrons. The highest BCUT2D eigenvalue weighted by molar-refractivity contribution is 6.07. The summed E-state index contributed by atoms with van der Waals surface area (Å²) in [7, 11) is 1.59. The molecule has 1 atom stereocenters. The van der Waals surface area contributed by atoms with Crippen LogP contribution in [0.5, 0.6) is 0 Å². The standard InChI is InChI=1S/C12H20N2O4/c1-3-9(17-2)8-14-10(15)12(13-11(14)16)4-6-18-7-5-12/h9H,3-8H2,1-2H3,(H,13,16). The maximum Gasteiger partial charge on any atom is 0.325 e. The number of hydrogen-bond acceptors (Lipinski definition) is 4. The van der Waals surface area contributed by atoms with E-state index in [1.807, 2.05) is 6.92 Å². The molecule has 1 unspecified atom stereocenters. The van der Waals surface area contributed by atoms with Crippen LogP contribution in [0.2, 0.25) is 0 Å². The SMILES string of the molecule is CCC(CN1C(=O)NC2(CCOCC2)C1=O)OC. The van der Waals surface area contributed by atoms with Crippen LogP contribution in [0.25, 0.3) is 0 Å². The first-order chi connectivity index (χ1) is 8.63. The van der Waals surface area contributed by atoms with Crippen molar-refractivity contribution in [3.8, 4) is 0 Å². The molecule has 2 aliphatic rings. The van der Waals surface area contributed by atoms with Gasteiger partial charge in [0.05, 0.1) is 12.6 Å². The van der Waals surface area contributed by atoms with E-state index in [0.29, 0.717) is 32.6 Å². The zero-order valence-electron chi connectivity index (χ0n) is 10.9. The number of methoxy groups -OCH3 is 1. The molecule has 3 amide bonds. The van der Waals surface area contributed by atoms with Crippen molar-refractivity contribution in [1.82, 2.24) is 10.2 Å². The number of urea groups is 1. The molecule has 2 saturated heterocycles. The molecule has 2 heterocycles. The van der Waals surface area contributed by atoms with Crippen LogP contribution in [-0.2, 0) is 14.3 Å². The van der Waals surface area contributed by atoms with E-state index >= 15 is 0 Å². The van der Waals surface area contributed by atoms with Gasteiger partial charge in [-0.25, -0.2) is 4.79 Å². The second-order valence-corrected chi connectivity index (χ2v) is 4.81. The zero-order valence-corrected chi connectivity index (χ0v) is 10.9. The van der Waals surface area contributed by atoms with Crippen molar-refractivity contribution in [2.45, 2.75) is 37.8 Å². The molecule has 102 valence electrons. The van der Waals surface area contributed by atoms with E-state index in [1.54, 1.807) is 7.11 Å². The van der Waals surface area contributed by atoms with Crippen molar-refractivity contribution < 1.29 is 19.1 Å². The van der Waals surface area contributed by atoms with Gasteiger partial charge in [-0.05, 0) is 6.42 Å². The average Bonchev–Trinajstić information content (AvgIpc) is 2.60. The van der Waals surface area contributed by atoms with E-state index in [0.717, 1.165) is 6.42 Å². The summed E-state index contributed by atoms with van der Waals surface area (Å²) in [5.41, 5.74) is -0.735. The molecule has 0 saturated carbocycles. The number of carbonyl (C=O) groups is 2. The maximum atomic E-state index is 12.4. The fourth-order valence-corrected chi connectivity index (χ4v) is 2.47. The van der Waals surface area contributed by atoms with Crippen LogP contribution in [0.3, 0.4) is 0 Å². The smallest absolute Gasteiger partial charge is 0.325 e. The number of hydrogen-bond donors (Lipinski definition) is 1. The Morgan fingerprint density at radius 2 is 2.11 bits per heavy atom. The normalized spacial score (nSPS) is 24.4. The molecule has 18 heavy (non-hydrogen) atoms. The lowest BCUT2D eigenvalue weighted by molar-refractivity contribution is -0.135. The van der Waals surface area contributed by atoms with Gasteiger partial charge < -0.3 is 14.8 Å². The molecule has 2 fully saturated rings. The van der Waals surface area contributed by atoms with Crippen LogP contribution < -0.4 is 5.32 Å². The molecule has 0 bridgehead atoms. The minimum atomic E-state index is -0.735. The average molecular weight is 256 g/mol. The van der Waals surface area contributed by atoms with Gasteiger partial charge in [0.15, 0.2) is 0 Å². The molecular formula is C12H20N2O4. The monoisotopic (exact) mass is 256 g/mol. The quantitative estimate of drug-likeness (QED) is 0.744. The second kappa shape index (κ2) is 5.24. The van der Waals surface area contributed by atoms with Gasteiger partial charge in [-0.1, -0.05) is 6.92 Å². The fraction of sp³-hybridized carbons (Fsp3) is 0.833. The Balaban J connectivity index is 2.09. The van der Waals surface area contributed by atoms with Gasteiger partial charge in [-0.2, -0.15) is 0 Å². The van der Waals surface area contributed by atoms with Gasteiger partial charge in [0.2, 0.25) is 0 Å². The summed E-state index contributed by atoms with van der Waals surface area (Å²) in [5, 5.41) is 2.82. The van der Waals surface area contributed by atoms with Crippen molar-refractivity contribution in [2.24, 2.45) is 0 Å². The van der Waals surface area contributed by atoms with E-state index < -0.39 is 5.54 Å². The minimum absolute atomic E-state index is 0.102. The van der Waals surface area contributed by atoms with Gasteiger partial charge in [0.25, 0.3) is 5.91 Å². The third-order valence-electron chi connectivity index (χ3n) is 3.77.